The SMILES string of the molecule is c1ccc(-n2nccc2CN2CCC3(CCNCC3)C2)cc1. The van der Waals surface area contributed by atoms with Crippen molar-refractivity contribution in [2.75, 3.05) is 26.2 Å². The Kier molecular flexibility index (Phi) is 3.72. The second kappa shape index (κ2) is 5.86. The van der Waals surface area contributed by atoms with Gasteiger partial charge in [0.1, 0.15) is 0 Å². The molecule has 1 aromatic heterocycles. The monoisotopic (exact) mass is 296 g/mol. The lowest BCUT2D eigenvalue weighted by Crippen LogP contribution is -2.38. The fourth-order valence-corrected chi connectivity index (χ4v) is 4.01. The Hall–Kier alpha value is -1.65. The van der Waals surface area contributed by atoms with Crippen LogP contribution in [0.1, 0.15) is 25.0 Å². The molecule has 0 unspecified atom stereocenters. The molecule has 0 aliphatic carbocycles. The zero-order chi connectivity index (χ0) is 14.8. The standard InChI is InChI=1S/C18H24N4/c1-2-4-16(5-3-1)22-17(6-10-20-22)14-21-13-9-18(15-21)7-11-19-12-8-18/h1-6,10,19H,7-9,11-15H2. The lowest BCUT2D eigenvalue weighted by atomic mass is 9.78. The number of hydrogen-bond acceptors (Lipinski definition) is 3. The van der Waals surface area contributed by atoms with Crippen LogP contribution in [0.2, 0.25) is 0 Å². The van der Waals surface area contributed by atoms with Crippen LogP contribution in [0.4, 0.5) is 0 Å². The van der Waals surface area contributed by atoms with Gasteiger partial charge in [-0.15, -0.1) is 0 Å². The van der Waals surface area contributed by atoms with Crippen molar-refractivity contribution in [1.82, 2.24) is 20.0 Å². The van der Waals surface area contributed by atoms with Gasteiger partial charge >= 0.3 is 0 Å². The maximum Gasteiger partial charge on any atom is 0.0649 e. The van der Waals surface area contributed by atoms with Crippen LogP contribution < -0.4 is 5.32 Å². The zero-order valence-corrected chi connectivity index (χ0v) is 13.0. The minimum atomic E-state index is 0.572. The molecule has 4 heteroatoms. The summed E-state index contributed by atoms with van der Waals surface area (Å²) in [6.07, 6.45) is 5.94. The Balaban J connectivity index is 1.48. The first-order valence-corrected chi connectivity index (χ1v) is 8.36. The third-order valence-electron chi connectivity index (χ3n) is 5.29. The van der Waals surface area contributed by atoms with Gasteiger partial charge in [-0.1, -0.05) is 18.2 Å². The summed E-state index contributed by atoms with van der Waals surface area (Å²) in [6.45, 7) is 5.85. The van der Waals surface area contributed by atoms with E-state index >= 15 is 0 Å². The second-order valence-electron chi connectivity index (χ2n) is 6.78. The molecule has 0 radical (unpaired) electrons. The van der Waals surface area contributed by atoms with Gasteiger partial charge in [0.15, 0.2) is 0 Å². The summed E-state index contributed by atoms with van der Waals surface area (Å²) in [4.78, 5) is 2.61. The lowest BCUT2D eigenvalue weighted by molar-refractivity contribution is 0.193. The quantitative estimate of drug-likeness (QED) is 0.944. The Labute approximate surface area is 132 Å². The highest BCUT2D eigenvalue weighted by atomic mass is 15.3. The summed E-state index contributed by atoms with van der Waals surface area (Å²) in [7, 11) is 0. The van der Waals surface area contributed by atoms with Crippen molar-refractivity contribution in [3.05, 3.63) is 48.3 Å². The Bertz CT molecular complexity index is 613. The average Bonchev–Trinajstić information content (AvgIpc) is 3.17. The molecule has 1 N–H and O–H groups in total. The molecule has 0 amide bonds. The molecule has 4 rings (SSSR count). The molecular formula is C18H24N4. The molecule has 22 heavy (non-hydrogen) atoms. The molecule has 116 valence electrons. The largest absolute Gasteiger partial charge is 0.317 e. The molecule has 0 bridgehead atoms. The molecule has 2 aromatic rings. The predicted octanol–water partition coefficient (Wildman–Crippen LogP) is 2.45. The summed E-state index contributed by atoms with van der Waals surface area (Å²) in [5.74, 6) is 0. The molecule has 0 atom stereocenters. The van der Waals surface area contributed by atoms with E-state index in [0.717, 1.165) is 12.2 Å². The first-order chi connectivity index (χ1) is 10.8. The maximum atomic E-state index is 4.51. The van der Waals surface area contributed by atoms with Gasteiger partial charge in [-0.3, -0.25) is 4.90 Å². The van der Waals surface area contributed by atoms with Crippen molar-refractivity contribution in [2.45, 2.75) is 25.8 Å². The summed E-state index contributed by atoms with van der Waals surface area (Å²) >= 11 is 0. The van der Waals surface area contributed by atoms with Crippen molar-refractivity contribution in [2.24, 2.45) is 5.41 Å². The van der Waals surface area contributed by atoms with E-state index in [1.54, 1.807) is 0 Å². The number of para-hydroxylation sites is 1. The van der Waals surface area contributed by atoms with Gasteiger partial charge in [-0.2, -0.15) is 5.10 Å². The van der Waals surface area contributed by atoms with Crippen LogP contribution in [0.25, 0.3) is 5.69 Å². The lowest BCUT2D eigenvalue weighted by Gasteiger charge is -2.33. The van der Waals surface area contributed by atoms with Crippen molar-refractivity contribution in [1.29, 1.82) is 0 Å². The minimum Gasteiger partial charge on any atom is -0.317 e. The van der Waals surface area contributed by atoms with E-state index in [9.17, 15) is 0 Å². The van der Waals surface area contributed by atoms with E-state index in [-0.39, 0.29) is 0 Å². The molecule has 1 aromatic carbocycles. The van der Waals surface area contributed by atoms with Crippen LogP contribution >= 0.6 is 0 Å². The maximum absolute atomic E-state index is 4.51. The summed E-state index contributed by atoms with van der Waals surface area (Å²) in [5, 5.41) is 8.01. The molecule has 2 aliphatic heterocycles. The smallest absolute Gasteiger partial charge is 0.0649 e. The predicted molar refractivity (Wildman–Crippen MR) is 88.0 cm³/mol. The molecular weight excluding hydrogens is 272 g/mol. The van der Waals surface area contributed by atoms with Gasteiger partial charge in [0.25, 0.3) is 0 Å². The van der Waals surface area contributed by atoms with Crippen LogP contribution in [0.15, 0.2) is 42.6 Å². The Morgan fingerprint density at radius 1 is 1.05 bits per heavy atom. The highest BCUT2D eigenvalue weighted by Gasteiger charge is 2.38. The van der Waals surface area contributed by atoms with Crippen LogP contribution in [0.3, 0.4) is 0 Å². The summed E-state index contributed by atoms with van der Waals surface area (Å²) in [5.41, 5.74) is 3.01. The highest BCUT2D eigenvalue weighted by molar-refractivity contribution is 5.32. The average molecular weight is 296 g/mol. The normalized spacial score (nSPS) is 21.5. The van der Waals surface area contributed by atoms with Crippen molar-refractivity contribution in [3.8, 4) is 5.69 Å². The number of likely N-dealkylation sites (tertiary alicyclic amines) is 1. The topological polar surface area (TPSA) is 33.1 Å². The van der Waals surface area contributed by atoms with Gasteiger partial charge in [0.05, 0.1) is 11.4 Å². The first kappa shape index (κ1) is 14.0. The molecule has 2 aliphatic rings. The van der Waals surface area contributed by atoms with Crippen LogP contribution in [-0.2, 0) is 6.54 Å². The zero-order valence-electron chi connectivity index (χ0n) is 13.0. The minimum absolute atomic E-state index is 0.572. The molecule has 2 saturated heterocycles. The highest BCUT2D eigenvalue weighted by Crippen LogP contribution is 2.39. The first-order valence-electron chi connectivity index (χ1n) is 8.36. The number of piperidine rings is 1. The van der Waals surface area contributed by atoms with E-state index in [1.165, 1.54) is 51.1 Å². The number of aromatic nitrogens is 2. The summed E-state index contributed by atoms with van der Waals surface area (Å²) in [6, 6.07) is 12.6. The molecule has 3 heterocycles. The van der Waals surface area contributed by atoms with Crippen molar-refractivity contribution >= 4 is 0 Å². The molecule has 0 saturated carbocycles. The van der Waals surface area contributed by atoms with Crippen LogP contribution in [0.5, 0.6) is 0 Å². The van der Waals surface area contributed by atoms with Gasteiger partial charge in [-0.25, -0.2) is 4.68 Å². The van der Waals surface area contributed by atoms with Crippen molar-refractivity contribution in [3.63, 3.8) is 0 Å². The molecule has 2 fully saturated rings. The fourth-order valence-electron chi connectivity index (χ4n) is 4.01. The second-order valence-corrected chi connectivity index (χ2v) is 6.78. The van der Waals surface area contributed by atoms with E-state index in [0.29, 0.717) is 5.41 Å². The Morgan fingerprint density at radius 2 is 1.86 bits per heavy atom. The number of rotatable bonds is 3. The number of benzene rings is 1. The Morgan fingerprint density at radius 3 is 2.68 bits per heavy atom. The molecule has 4 nitrogen and oxygen atoms in total. The number of nitrogens with one attached hydrogen (secondary N) is 1. The summed E-state index contributed by atoms with van der Waals surface area (Å²) < 4.78 is 2.08. The molecule has 1 spiro atoms. The van der Waals surface area contributed by atoms with Crippen LogP contribution in [-0.4, -0.2) is 40.9 Å². The van der Waals surface area contributed by atoms with Crippen LogP contribution in [0, 0.1) is 5.41 Å². The third kappa shape index (κ3) is 2.69. The number of hydrogen-bond donors (Lipinski definition) is 1. The van der Waals surface area contributed by atoms with Gasteiger partial charge in [0, 0.05) is 19.3 Å². The van der Waals surface area contributed by atoms with E-state index in [2.05, 4.69) is 50.3 Å². The van der Waals surface area contributed by atoms with E-state index in [1.807, 2.05) is 12.3 Å². The van der Waals surface area contributed by atoms with E-state index in [4.69, 9.17) is 0 Å². The van der Waals surface area contributed by atoms with Gasteiger partial charge < -0.3 is 5.32 Å². The van der Waals surface area contributed by atoms with Gasteiger partial charge in [0.2, 0.25) is 0 Å². The van der Waals surface area contributed by atoms with Crippen molar-refractivity contribution < 1.29 is 0 Å². The fraction of sp³-hybridized carbons (Fsp3) is 0.500. The number of nitrogens with zero attached hydrogens (tertiary/aromatic N) is 3. The van der Waals surface area contributed by atoms with E-state index < -0.39 is 0 Å². The third-order valence-corrected chi connectivity index (χ3v) is 5.29. The van der Waals surface area contributed by atoms with Gasteiger partial charge in [-0.05, 0) is 62.5 Å².